The zero-order valence-electron chi connectivity index (χ0n) is 20.7. The van der Waals surface area contributed by atoms with Gasteiger partial charge in [0.1, 0.15) is 11.9 Å². The Hall–Kier alpha value is -3.75. The van der Waals surface area contributed by atoms with Crippen LogP contribution in [0.2, 0.25) is 0 Å². The van der Waals surface area contributed by atoms with E-state index >= 15 is 0 Å². The first-order valence-corrected chi connectivity index (χ1v) is 13.3. The molecule has 1 fully saturated rings. The van der Waals surface area contributed by atoms with Crippen LogP contribution in [0.25, 0.3) is 16.8 Å². The van der Waals surface area contributed by atoms with Gasteiger partial charge in [0.05, 0.1) is 6.42 Å². The highest BCUT2D eigenvalue weighted by Gasteiger charge is 2.40. The second-order valence-electron chi connectivity index (χ2n) is 9.65. The van der Waals surface area contributed by atoms with Gasteiger partial charge in [0.2, 0.25) is 5.91 Å². The van der Waals surface area contributed by atoms with Crippen LogP contribution < -0.4 is 5.32 Å². The molecule has 0 bridgehead atoms. The third kappa shape index (κ3) is 4.66. The molecular weight excluding hydrogens is 549 g/mol. The van der Waals surface area contributed by atoms with Gasteiger partial charge in [0, 0.05) is 45.9 Å². The zero-order chi connectivity index (χ0) is 26.4. The van der Waals surface area contributed by atoms with Gasteiger partial charge in [-0.1, -0.05) is 40.2 Å². The molecule has 3 aromatic carbocycles. The third-order valence-electron chi connectivity index (χ3n) is 7.09. The SMILES string of the molecule is C[C@H]1O[C@H](c2cn(-c3ccc(Br)cc3)cc2-c2ccc(F)cc2)N(CCc2ccc3c(c2)CC(=O)N3)C1=O. The van der Waals surface area contributed by atoms with Gasteiger partial charge < -0.3 is 19.5 Å². The molecule has 3 heterocycles. The Balaban J connectivity index is 1.34. The molecule has 2 amide bonds. The van der Waals surface area contributed by atoms with Gasteiger partial charge in [-0.05, 0) is 72.5 Å². The Bertz CT molecular complexity index is 1530. The van der Waals surface area contributed by atoms with Gasteiger partial charge >= 0.3 is 0 Å². The normalized spacial score (nSPS) is 18.7. The van der Waals surface area contributed by atoms with Crippen molar-refractivity contribution in [3.8, 4) is 16.8 Å². The number of anilines is 1. The summed E-state index contributed by atoms with van der Waals surface area (Å²) in [6.07, 6.45) is 3.80. The van der Waals surface area contributed by atoms with Crippen molar-refractivity contribution in [3.05, 3.63) is 106 Å². The molecule has 4 aromatic rings. The fourth-order valence-corrected chi connectivity index (χ4v) is 5.39. The van der Waals surface area contributed by atoms with E-state index < -0.39 is 12.3 Å². The Morgan fingerprint density at radius 3 is 2.55 bits per heavy atom. The van der Waals surface area contributed by atoms with Crippen LogP contribution in [0.1, 0.15) is 29.8 Å². The second kappa shape index (κ2) is 9.85. The van der Waals surface area contributed by atoms with Crippen LogP contribution in [0.4, 0.5) is 10.1 Å². The predicted octanol–water partition coefficient (Wildman–Crippen LogP) is 6.03. The number of benzene rings is 3. The summed E-state index contributed by atoms with van der Waals surface area (Å²) in [4.78, 5) is 26.7. The number of hydrogen-bond donors (Lipinski definition) is 1. The molecule has 192 valence electrons. The standard InChI is InChI=1S/C30H25BrFN3O3/c1-18-29(37)35(13-12-19-2-11-27-21(14-19)15-28(36)33-27)30(38-18)26-17-34(24-9-5-22(31)6-10-24)16-25(26)20-3-7-23(32)8-4-20/h2-11,14,16-18,30H,12-13,15H2,1H3,(H,33,36)/t18-,30-/m1/s1. The highest BCUT2D eigenvalue weighted by atomic mass is 79.9. The monoisotopic (exact) mass is 573 g/mol. The van der Waals surface area contributed by atoms with Gasteiger partial charge in [-0.15, -0.1) is 0 Å². The first-order valence-electron chi connectivity index (χ1n) is 12.5. The van der Waals surface area contributed by atoms with E-state index in [0.29, 0.717) is 19.4 Å². The van der Waals surface area contributed by atoms with E-state index in [9.17, 15) is 14.0 Å². The van der Waals surface area contributed by atoms with Crippen LogP contribution >= 0.6 is 15.9 Å². The van der Waals surface area contributed by atoms with Crippen molar-refractivity contribution in [1.82, 2.24) is 9.47 Å². The van der Waals surface area contributed by atoms with Crippen LogP contribution in [0.3, 0.4) is 0 Å². The van der Waals surface area contributed by atoms with E-state index in [4.69, 9.17) is 4.74 Å². The minimum Gasteiger partial charge on any atom is -0.341 e. The number of nitrogens with zero attached hydrogens (tertiary/aromatic N) is 2. The zero-order valence-corrected chi connectivity index (χ0v) is 22.2. The van der Waals surface area contributed by atoms with Crippen molar-refractivity contribution in [2.75, 3.05) is 11.9 Å². The summed E-state index contributed by atoms with van der Waals surface area (Å²) in [7, 11) is 0. The number of hydrogen-bond acceptors (Lipinski definition) is 3. The molecule has 6 rings (SSSR count). The summed E-state index contributed by atoms with van der Waals surface area (Å²) >= 11 is 3.48. The summed E-state index contributed by atoms with van der Waals surface area (Å²) in [6, 6.07) is 20.2. The first-order chi connectivity index (χ1) is 18.4. The fraction of sp³-hybridized carbons (Fsp3) is 0.200. The Morgan fingerprint density at radius 1 is 1.03 bits per heavy atom. The molecule has 8 heteroatoms. The van der Waals surface area contributed by atoms with Crippen LogP contribution in [-0.2, 0) is 27.2 Å². The molecule has 38 heavy (non-hydrogen) atoms. The predicted molar refractivity (Wildman–Crippen MR) is 146 cm³/mol. The molecule has 0 unspecified atom stereocenters. The third-order valence-corrected chi connectivity index (χ3v) is 7.62. The Labute approximate surface area is 228 Å². The molecule has 2 aliphatic heterocycles. The number of carbonyl (C=O) groups excluding carboxylic acids is 2. The summed E-state index contributed by atoms with van der Waals surface area (Å²) in [6.45, 7) is 2.23. The second-order valence-corrected chi connectivity index (χ2v) is 10.6. The summed E-state index contributed by atoms with van der Waals surface area (Å²) in [5.74, 6) is -0.386. The maximum absolute atomic E-state index is 13.7. The largest absolute Gasteiger partial charge is 0.341 e. The lowest BCUT2D eigenvalue weighted by Gasteiger charge is -2.24. The molecule has 0 saturated carbocycles. The fourth-order valence-electron chi connectivity index (χ4n) is 5.13. The van der Waals surface area contributed by atoms with Gasteiger partial charge in [-0.2, -0.15) is 0 Å². The van der Waals surface area contributed by atoms with E-state index in [0.717, 1.165) is 43.7 Å². The lowest BCUT2D eigenvalue weighted by atomic mass is 10.0. The van der Waals surface area contributed by atoms with Crippen molar-refractivity contribution in [3.63, 3.8) is 0 Å². The highest BCUT2D eigenvalue weighted by Crippen LogP contribution is 2.39. The molecule has 1 N–H and O–H groups in total. The van der Waals surface area contributed by atoms with Crippen LogP contribution in [0.5, 0.6) is 0 Å². The average molecular weight is 574 g/mol. The smallest absolute Gasteiger partial charge is 0.253 e. The minimum atomic E-state index is -0.591. The van der Waals surface area contributed by atoms with Crippen molar-refractivity contribution >= 4 is 33.4 Å². The number of ether oxygens (including phenoxy) is 1. The van der Waals surface area contributed by atoms with Gasteiger partial charge in [-0.25, -0.2) is 4.39 Å². The summed E-state index contributed by atoms with van der Waals surface area (Å²) < 4.78 is 22.9. The molecule has 1 saturated heterocycles. The Kier molecular flexibility index (Phi) is 6.37. The van der Waals surface area contributed by atoms with Crippen molar-refractivity contribution < 1.29 is 18.7 Å². The van der Waals surface area contributed by atoms with Gasteiger partial charge in [0.25, 0.3) is 5.91 Å². The molecular formula is C30H25BrFN3O3. The van der Waals surface area contributed by atoms with Crippen molar-refractivity contribution in [2.45, 2.75) is 32.1 Å². The van der Waals surface area contributed by atoms with Crippen molar-refractivity contribution in [1.29, 1.82) is 0 Å². The number of rotatable bonds is 6. The molecule has 0 aliphatic carbocycles. The van der Waals surface area contributed by atoms with Crippen LogP contribution in [0.15, 0.2) is 83.6 Å². The molecule has 6 nitrogen and oxygen atoms in total. The Morgan fingerprint density at radius 2 is 1.79 bits per heavy atom. The minimum absolute atomic E-state index is 0.00207. The van der Waals surface area contributed by atoms with Crippen LogP contribution in [-0.4, -0.2) is 33.9 Å². The van der Waals surface area contributed by atoms with Gasteiger partial charge in [-0.3, -0.25) is 9.59 Å². The van der Waals surface area contributed by atoms with Gasteiger partial charge in [0.15, 0.2) is 6.23 Å². The van der Waals surface area contributed by atoms with Crippen molar-refractivity contribution in [2.24, 2.45) is 0 Å². The number of halogens is 2. The lowest BCUT2D eigenvalue weighted by molar-refractivity contribution is -0.130. The topological polar surface area (TPSA) is 63.6 Å². The summed E-state index contributed by atoms with van der Waals surface area (Å²) in [5, 5.41) is 2.86. The molecule has 0 spiro atoms. The quantitative estimate of drug-likeness (QED) is 0.306. The summed E-state index contributed by atoms with van der Waals surface area (Å²) in [5.41, 5.74) is 6.37. The van der Waals surface area contributed by atoms with E-state index in [1.165, 1.54) is 12.1 Å². The first kappa shape index (κ1) is 24.6. The number of carbonyl (C=O) groups is 2. The lowest BCUT2D eigenvalue weighted by Crippen LogP contribution is -2.32. The maximum Gasteiger partial charge on any atom is 0.253 e. The number of amides is 2. The average Bonchev–Trinajstić information content (AvgIpc) is 3.58. The number of aromatic nitrogens is 1. The highest BCUT2D eigenvalue weighted by molar-refractivity contribution is 9.10. The van der Waals surface area contributed by atoms with E-state index in [1.54, 1.807) is 24.0 Å². The van der Waals surface area contributed by atoms with E-state index in [-0.39, 0.29) is 17.6 Å². The van der Waals surface area contributed by atoms with E-state index in [2.05, 4.69) is 21.2 Å². The molecule has 2 aliphatic rings. The molecule has 2 atom stereocenters. The number of fused-ring (bicyclic) bond motifs is 1. The maximum atomic E-state index is 13.7. The molecule has 1 aromatic heterocycles. The molecule has 0 radical (unpaired) electrons. The van der Waals surface area contributed by atoms with Crippen LogP contribution in [0, 0.1) is 5.82 Å². The van der Waals surface area contributed by atoms with E-state index in [1.807, 2.05) is 59.4 Å². The number of nitrogens with one attached hydrogen (secondary N) is 1.